The quantitative estimate of drug-likeness (QED) is 0.752. The lowest BCUT2D eigenvalue weighted by Crippen LogP contribution is -2.12. The lowest BCUT2D eigenvalue weighted by Gasteiger charge is -2.02. The molecule has 0 spiro atoms. The smallest absolute Gasteiger partial charge is 0.322 e. The number of rotatable bonds is 4. The summed E-state index contributed by atoms with van der Waals surface area (Å²) in [6.07, 6.45) is 0.526. The molecule has 0 aliphatic rings. The van der Waals surface area contributed by atoms with E-state index in [4.69, 9.17) is 4.42 Å². The van der Waals surface area contributed by atoms with Crippen LogP contribution in [-0.2, 0) is 6.42 Å². The van der Waals surface area contributed by atoms with Gasteiger partial charge in [-0.25, -0.2) is 0 Å². The monoisotopic (exact) mass is 371 g/mol. The minimum absolute atomic E-state index is 0.0906. The van der Waals surface area contributed by atoms with Gasteiger partial charge in [0.2, 0.25) is 5.89 Å². The van der Waals surface area contributed by atoms with Crippen molar-refractivity contribution in [1.82, 2.24) is 10.2 Å². The summed E-state index contributed by atoms with van der Waals surface area (Å²) in [6, 6.07) is 15.3. The first kappa shape index (κ1) is 15.4. The van der Waals surface area contributed by atoms with Crippen LogP contribution < -0.4 is 5.32 Å². The van der Waals surface area contributed by atoms with Gasteiger partial charge < -0.3 is 4.42 Å². The molecule has 2 aromatic carbocycles. The average molecular weight is 372 g/mol. The van der Waals surface area contributed by atoms with E-state index in [1.807, 2.05) is 37.3 Å². The van der Waals surface area contributed by atoms with E-state index in [-0.39, 0.29) is 11.9 Å². The molecule has 23 heavy (non-hydrogen) atoms. The van der Waals surface area contributed by atoms with E-state index >= 15 is 0 Å². The summed E-state index contributed by atoms with van der Waals surface area (Å²) in [5, 5.41) is 10.4. The predicted molar refractivity (Wildman–Crippen MR) is 90.4 cm³/mol. The summed E-state index contributed by atoms with van der Waals surface area (Å²) in [5.41, 5.74) is 2.77. The maximum atomic E-state index is 12.2. The standard InChI is InChI=1S/C17H14BrN3O2/c1-11-6-8-12(9-7-11)10-15-20-21-17(23-15)19-16(22)13-4-2-3-5-14(13)18/h2-9H,10H2,1H3,(H,19,21,22). The van der Waals surface area contributed by atoms with Crippen LogP contribution in [0.2, 0.25) is 0 Å². The first-order chi connectivity index (χ1) is 11.1. The van der Waals surface area contributed by atoms with Crippen molar-refractivity contribution in [2.24, 2.45) is 0 Å². The second-order valence-corrected chi connectivity index (χ2v) is 5.95. The Hall–Kier alpha value is -2.47. The lowest BCUT2D eigenvalue weighted by atomic mass is 10.1. The highest BCUT2D eigenvalue weighted by Crippen LogP contribution is 2.18. The fourth-order valence-electron chi connectivity index (χ4n) is 2.07. The van der Waals surface area contributed by atoms with Crippen LogP contribution in [0.25, 0.3) is 0 Å². The van der Waals surface area contributed by atoms with Crippen LogP contribution in [0, 0.1) is 6.92 Å². The molecule has 6 heteroatoms. The molecule has 1 heterocycles. The number of benzene rings is 2. The van der Waals surface area contributed by atoms with E-state index in [0.29, 0.717) is 22.3 Å². The number of carbonyl (C=O) groups is 1. The van der Waals surface area contributed by atoms with Crippen LogP contribution in [0.15, 0.2) is 57.4 Å². The van der Waals surface area contributed by atoms with E-state index in [1.165, 1.54) is 5.56 Å². The zero-order chi connectivity index (χ0) is 16.2. The number of hydrogen-bond acceptors (Lipinski definition) is 4. The van der Waals surface area contributed by atoms with Crippen LogP contribution in [0.3, 0.4) is 0 Å². The Morgan fingerprint density at radius 3 is 2.61 bits per heavy atom. The molecule has 0 unspecified atom stereocenters. The van der Waals surface area contributed by atoms with Crippen molar-refractivity contribution < 1.29 is 9.21 Å². The van der Waals surface area contributed by atoms with Gasteiger partial charge in [0.1, 0.15) is 0 Å². The van der Waals surface area contributed by atoms with Gasteiger partial charge in [0, 0.05) is 4.47 Å². The molecule has 0 aliphatic carbocycles. The summed E-state index contributed by atoms with van der Waals surface area (Å²) < 4.78 is 6.19. The highest BCUT2D eigenvalue weighted by atomic mass is 79.9. The van der Waals surface area contributed by atoms with Gasteiger partial charge in [-0.2, -0.15) is 0 Å². The molecule has 0 fully saturated rings. The van der Waals surface area contributed by atoms with Crippen molar-refractivity contribution in [3.8, 4) is 0 Å². The Balaban J connectivity index is 1.69. The minimum atomic E-state index is -0.303. The van der Waals surface area contributed by atoms with Gasteiger partial charge in [0.25, 0.3) is 5.91 Å². The van der Waals surface area contributed by atoms with Gasteiger partial charge in [-0.3, -0.25) is 10.1 Å². The van der Waals surface area contributed by atoms with E-state index in [0.717, 1.165) is 5.56 Å². The van der Waals surface area contributed by atoms with Gasteiger partial charge in [0.15, 0.2) is 0 Å². The largest absolute Gasteiger partial charge is 0.407 e. The van der Waals surface area contributed by atoms with Gasteiger partial charge in [-0.15, -0.1) is 5.10 Å². The maximum Gasteiger partial charge on any atom is 0.322 e. The highest BCUT2D eigenvalue weighted by Gasteiger charge is 2.13. The Morgan fingerprint density at radius 1 is 1.13 bits per heavy atom. The minimum Gasteiger partial charge on any atom is -0.407 e. The normalized spacial score (nSPS) is 10.5. The number of carbonyl (C=O) groups excluding carboxylic acids is 1. The van der Waals surface area contributed by atoms with Crippen molar-refractivity contribution in [3.63, 3.8) is 0 Å². The van der Waals surface area contributed by atoms with Crippen LogP contribution >= 0.6 is 15.9 Å². The van der Waals surface area contributed by atoms with Crippen LogP contribution in [0.4, 0.5) is 6.01 Å². The average Bonchev–Trinajstić information content (AvgIpc) is 2.97. The molecule has 1 amide bonds. The summed E-state index contributed by atoms with van der Waals surface area (Å²) in [4.78, 5) is 12.2. The summed E-state index contributed by atoms with van der Waals surface area (Å²) >= 11 is 3.34. The van der Waals surface area contributed by atoms with E-state index in [1.54, 1.807) is 18.2 Å². The number of hydrogen-bond donors (Lipinski definition) is 1. The summed E-state index contributed by atoms with van der Waals surface area (Å²) in [5.74, 6) is 0.152. The second-order valence-electron chi connectivity index (χ2n) is 5.10. The Morgan fingerprint density at radius 2 is 1.87 bits per heavy atom. The molecule has 0 atom stereocenters. The van der Waals surface area contributed by atoms with Crippen molar-refractivity contribution in [2.45, 2.75) is 13.3 Å². The number of nitrogens with zero attached hydrogens (tertiary/aromatic N) is 2. The van der Waals surface area contributed by atoms with Crippen molar-refractivity contribution in [1.29, 1.82) is 0 Å². The second kappa shape index (κ2) is 6.75. The molecule has 3 aromatic rings. The van der Waals surface area contributed by atoms with E-state index < -0.39 is 0 Å². The van der Waals surface area contributed by atoms with Crippen LogP contribution in [-0.4, -0.2) is 16.1 Å². The topological polar surface area (TPSA) is 68.0 Å². The molecule has 0 bridgehead atoms. The maximum absolute atomic E-state index is 12.2. The van der Waals surface area contributed by atoms with Crippen molar-refractivity contribution in [2.75, 3.05) is 5.32 Å². The zero-order valence-corrected chi connectivity index (χ0v) is 14.0. The van der Waals surface area contributed by atoms with E-state index in [2.05, 4.69) is 31.4 Å². The molecular weight excluding hydrogens is 358 g/mol. The zero-order valence-electron chi connectivity index (χ0n) is 12.4. The number of nitrogens with one attached hydrogen (secondary N) is 1. The first-order valence-corrected chi connectivity index (χ1v) is 7.85. The third-order valence-electron chi connectivity index (χ3n) is 3.28. The molecule has 0 radical (unpaired) electrons. The van der Waals surface area contributed by atoms with E-state index in [9.17, 15) is 4.79 Å². The Bertz CT molecular complexity index is 828. The van der Waals surface area contributed by atoms with Crippen LogP contribution in [0.5, 0.6) is 0 Å². The molecule has 3 rings (SSSR count). The van der Waals surface area contributed by atoms with Gasteiger partial charge in [-0.05, 0) is 40.5 Å². The molecule has 1 N–H and O–H groups in total. The molecule has 1 aromatic heterocycles. The number of aryl methyl sites for hydroxylation is 1. The summed E-state index contributed by atoms with van der Waals surface area (Å²) in [6.45, 7) is 2.03. The first-order valence-electron chi connectivity index (χ1n) is 7.05. The molecule has 5 nitrogen and oxygen atoms in total. The highest BCUT2D eigenvalue weighted by molar-refractivity contribution is 9.10. The van der Waals surface area contributed by atoms with Gasteiger partial charge in [-0.1, -0.05) is 47.1 Å². The molecule has 0 saturated carbocycles. The Kier molecular flexibility index (Phi) is 4.52. The molecule has 0 aliphatic heterocycles. The third-order valence-corrected chi connectivity index (χ3v) is 3.97. The third kappa shape index (κ3) is 3.84. The van der Waals surface area contributed by atoms with Gasteiger partial charge in [0.05, 0.1) is 12.0 Å². The molecule has 116 valence electrons. The number of halogens is 1. The summed E-state index contributed by atoms with van der Waals surface area (Å²) in [7, 11) is 0. The Labute approximate surface area is 141 Å². The number of amides is 1. The SMILES string of the molecule is Cc1ccc(Cc2nnc(NC(=O)c3ccccc3Br)o2)cc1. The number of aromatic nitrogens is 2. The van der Waals surface area contributed by atoms with Gasteiger partial charge >= 0.3 is 6.01 Å². The fourth-order valence-corrected chi connectivity index (χ4v) is 2.53. The molecular formula is C17H14BrN3O2. The predicted octanol–water partition coefficient (Wildman–Crippen LogP) is 3.98. The molecule has 0 saturated heterocycles. The lowest BCUT2D eigenvalue weighted by molar-refractivity contribution is 0.102. The van der Waals surface area contributed by atoms with Crippen LogP contribution in [0.1, 0.15) is 27.4 Å². The van der Waals surface area contributed by atoms with Crippen molar-refractivity contribution in [3.05, 3.63) is 75.6 Å². The number of anilines is 1. The van der Waals surface area contributed by atoms with Crippen molar-refractivity contribution >= 4 is 27.9 Å². The fraction of sp³-hybridized carbons (Fsp3) is 0.118.